The van der Waals surface area contributed by atoms with E-state index in [4.69, 9.17) is 32.7 Å². The van der Waals surface area contributed by atoms with Gasteiger partial charge in [0.05, 0.1) is 23.1 Å². The van der Waals surface area contributed by atoms with Crippen LogP contribution in [0.2, 0.25) is 8.67 Å². The Balaban J connectivity index is 2.31. The van der Waals surface area contributed by atoms with Crippen LogP contribution in [0.3, 0.4) is 0 Å². The Morgan fingerprint density at radius 1 is 1.48 bits per heavy atom. The van der Waals surface area contributed by atoms with Gasteiger partial charge in [-0.25, -0.2) is 8.42 Å². The van der Waals surface area contributed by atoms with Crippen LogP contribution in [0.15, 0.2) is 33.8 Å². The van der Waals surface area contributed by atoms with Crippen LogP contribution < -0.4 is 4.72 Å². The molecule has 0 radical (unpaired) electrons. The van der Waals surface area contributed by atoms with Crippen molar-refractivity contribution in [2.45, 2.75) is 17.4 Å². The van der Waals surface area contributed by atoms with Gasteiger partial charge in [-0.05, 0) is 18.2 Å². The second-order valence-electron chi connectivity index (χ2n) is 3.98. The van der Waals surface area contributed by atoms with Crippen LogP contribution in [0.1, 0.15) is 18.2 Å². The molecule has 0 fully saturated rings. The van der Waals surface area contributed by atoms with Gasteiger partial charge in [-0.15, -0.1) is 11.3 Å². The number of aliphatic carboxylic acids is 1. The number of sulfonamides is 1. The summed E-state index contributed by atoms with van der Waals surface area (Å²) in [5, 5.41) is 8.89. The molecule has 0 bridgehead atoms. The van der Waals surface area contributed by atoms with Gasteiger partial charge >= 0.3 is 5.97 Å². The lowest BCUT2D eigenvalue weighted by molar-refractivity contribution is -0.137. The quantitative estimate of drug-likeness (QED) is 0.814. The molecule has 0 aromatic carbocycles. The number of rotatable bonds is 6. The Kier molecular flexibility index (Phi) is 4.95. The molecule has 6 nitrogen and oxygen atoms in total. The lowest BCUT2D eigenvalue weighted by Gasteiger charge is -2.14. The molecule has 1 unspecified atom stereocenters. The molecular formula is C11H9Cl2NO5S2. The third kappa shape index (κ3) is 3.98. The van der Waals surface area contributed by atoms with Gasteiger partial charge < -0.3 is 9.52 Å². The summed E-state index contributed by atoms with van der Waals surface area (Å²) in [7, 11) is -4.02. The van der Waals surface area contributed by atoms with E-state index in [1.165, 1.54) is 24.5 Å². The van der Waals surface area contributed by atoms with Crippen molar-refractivity contribution < 1.29 is 22.7 Å². The van der Waals surface area contributed by atoms with Crippen LogP contribution in [0.25, 0.3) is 0 Å². The molecule has 0 aliphatic heterocycles. The highest BCUT2D eigenvalue weighted by Crippen LogP contribution is 2.35. The summed E-state index contributed by atoms with van der Waals surface area (Å²) in [6, 6.07) is 3.18. The third-order valence-corrected chi connectivity index (χ3v) is 5.70. The van der Waals surface area contributed by atoms with Crippen LogP contribution in [0.4, 0.5) is 0 Å². The molecular weight excluding hydrogens is 361 g/mol. The van der Waals surface area contributed by atoms with Crippen LogP contribution in [0.5, 0.6) is 0 Å². The van der Waals surface area contributed by atoms with Crippen molar-refractivity contribution in [3.63, 3.8) is 0 Å². The first-order valence-electron chi connectivity index (χ1n) is 5.52. The third-order valence-electron chi connectivity index (χ3n) is 2.48. The number of nitrogens with one attached hydrogen (secondary N) is 1. The molecule has 2 aromatic rings. The molecule has 1 atom stereocenters. The molecule has 114 valence electrons. The molecule has 0 aliphatic carbocycles. The lowest BCUT2D eigenvalue weighted by atomic mass is 10.2. The number of furan rings is 1. The zero-order valence-corrected chi connectivity index (χ0v) is 13.4. The fourth-order valence-electron chi connectivity index (χ4n) is 1.62. The molecule has 10 heteroatoms. The molecule has 0 amide bonds. The smallest absolute Gasteiger partial charge is 0.305 e. The Bertz CT molecular complexity index is 739. The maximum Gasteiger partial charge on any atom is 0.305 e. The number of carboxylic acid groups (broad SMARTS) is 1. The normalized spacial score (nSPS) is 13.2. The summed E-state index contributed by atoms with van der Waals surface area (Å²) < 4.78 is 32.1. The Labute approximate surface area is 134 Å². The van der Waals surface area contributed by atoms with Crippen molar-refractivity contribution in [2.24, 2.45) is 0 Å². The van der Waals surface area contributed by atoms with Crippen molar-refractivity contribution in [1.29, 1.82) is 0 Å². The van der Waals surface area contributed by atoms with E-state index in [1.807, 2.05) is 0 Å². The first-order valence-corrected chi connectivity index (χ1v) is 8.57. The van der Waals surface area contributed by atoms with Gasteiger partial charge in [0.2, 0.25) is 10.0 Å². The summed E-state index contributed by atoms with van der Waals surface area (Å²) >= 11 is 12.4. The average molecular weight is 370 g/mol. The SMILES string of the molecule is O=C(O)CC(NS(=O)(=O)c1cc(Cl)sc1Cl)c1ccco1. The van der Waals surface area contributed by atoms with Gasteiger partial charge in [-0.1, -0.05) is 23.2 Å². The van der Waals surface area contributed by atoms with E-state index in [-0.39, 0.29) is 19.3 Å². The number of carbonyl (C=O) groups is 1. The molecule has 2 aromatic heterocycles. The van der Waals surface area contributed by atoms with E-state index in [0.29, 0.717) is 0 Å². The maximum atomic E-state index is 12.3. The van der Waals surface area contributed by atoms with Gasteiger partial charge in [-0.3, -0.25) is 4.79 Å². The first-order chi connectivity index (χ1) is 9.79. The molecule has 0 saturated carbocycles. The van der Waals surface area contributed by atoms with E-state index >= 15 is 0 Å². The van der Waals surface area contributed by atoms with Gasteiger partial charge in [0.15, 0.2) is 0 Å². The minimum Gasteiger partial charge on any atom is -0.481 e. The van der Waals surface area contributed by atoms with E-state index in [2.05, 4.69) is 4.72 Å². The predicted molar refractivity (Wildman–Crippen MR) is 78.4 cm³/mol. The molecule has 2 heterocycles. The minimum atomic E-state index is -4.02. The molecule has 0 spiro atoms. The lowest BCUT2D eigenvalue weighted by Crippen LogP contribution is -2.30. The van der Waals surface area contributed by atoms with Crippen LogP contribution in [0, 0.1) is 0 Å². The molecule has 2 rings (SSSR count). The van der Waals surface area contributed by atoms with E-state index < -0.39 is 28.5 Å². The highest BCUT2D eigenvalue weighted by molar-refractivity contribution is 7.89. The van der Waals surface area contributed by atoms with Crippen molar-refractivity contribution in [2.75, 3.05) is 0 Å². The van der Waals surface area contributed by atoms with E-state index in [9.17, 15) is 13.2 Å². The van der Waals surface area contributed by atoms with Crippen LogP contribution in [-0.2, 0) is 14.8 Å². The first kappa shape index (κ1) is 16.3. The molecule has 2 N–H and O–H groups in total. The van der Waals surface area contributed by atoms with Gasteiger partial charge in [0, 0.05) is 0 Å². The fraction of sp³-hybridized carbons (Fsp3) is 0.182. The summed E-state index contributed by atoms with van der Waals surface area (Å²) in [4.78, 5) is 10.7. The maximum absolute atomic E-state index is 12.3. The zero-order valence-electron chi connectivity index (χ0n) is 10.2. The molecule has 21 heavy (non-hydrogen) atoms. The standard InChI is InChI=1S/C11H9Cl2NO5S2/c12-9-5-8(11(13)20-9)21(17,18)14-6(4-10(15)16)7-2-1-3-19-7/h1-3,5-6,14H,4H2,(H,15,16). The number of hydrogen-bond acceptors (Lipinski definition) is 5. The average Bonchev–Trinajstić information content (AvgIpc) is 2.97. The Morgan fingerprint density at radius 3 is 2.67 bits per heavy atom. The second kappa shape index (κ2) is 6.37. The van der Waals surface area contributed by atoms with E-state index in [0.717, 1.165) is 11.3 Å². The summed E-state index contributed by atoms with van der Waals surface area (Å²) in [6.07, 6.45) is 0.856. The summed E-state index contributed by atoms with van der Waals surface area (Å²) in [5.41, 5.74) is 0. The van der Waals surface area contributed by atoms with Crippen LogP contribution in [-0.4, -0.2) is 19.5 Å². The fourth-order valence-corrected chi connectivity index (χ4v) is 4.98. The van der Waals surface area contributed by atoms with Crippen molar-refractivity contribution >= 4 is 50.5 Å². The summed E-state index contributed by atoms with van der Waals surface area (Å²) in [5.74, 6) is -0.980. The van der Waals surface area contributed by atoms with Crippen molar-refractivity contribution in [3.8, 4) is 0 Å². The number of carboxylic acids is 1. The number of hydrogen-bond donors (Lipinski definition) is 2. The Hall–Kier alpha value is -1.06. The Morgan fingerprint density at radius 2 is 2.19 bits per heavy atom. The van der Waals surface area contributed by atoms with Gasteiger partial charge in [0.25, 0.3) is 0 Å². The van der Waals surface area contributed by atoms with Crippen LogP contribution >= 0.6 is 34.5 Å². The topological polar surface area (TPSA) is 96.6 Å². The predicted octanol–water partition coefficient (Wildman–Crippen LogP) is 3.14. The minimum absolute atomic E-state index is 0.000944. The summed E-state index contributed by atoms with van der Waals surface area (Å²) in [6.45, 7) is 0. The van der Waals surface area contributed by atoms with Crippen molar-refractivity contribution in [1.82, 2.24) is 4.72 Å². The van der Waals surface area contributed by atoms with E-state index in [1.54, 1.807) is 0 Å². The largest absolute Gasteiger partial charge is 0.481 e. The zero-order chi connectivity index (χ0) is 15.6. The highest BCUT2D eigenvalue weighted by atomic mass is 35.5. The monoisotopic (exact) mass is 369 g/mol. The highest BCUT2D eigenvalue weighted by Gasteiger charge is 2.28. The number of thiophene rings is 1. The second-order valence-corrected chi connectivity index (χ2v) is 7.94. The van der Waals surface area contributed by atoms with Gasteiger partial charge in [-0.2, -0.15) is 4.72 Å². The number of halogens is 2. The molecule has 0 aliphatic rings. The van der Waals surface area contributed by atoms with Crippen molar-refractivity contribution in [3.05, 3.63) is 38.9 Å². The molecule has 0 saturated heterocycles. The van der Waals surface area contributed by atoms with Gasteiger partial charge in [0.1, 0.15) is 15.0 Å².